The largest absolute Gasteiger partial charge is 0.381 e. The molecule has 0 radical (unpaired) electrons. The van der Waals surface area contributed by atoms with Crippen molar-refractivity contribution in [3.63, 3.8) is 0 Å². The number of rotatable bonds is 2. The SMILES string of the molecule is N#Cc1ccc(S(=O)(=O)N2CC3(CCOCC3)C2)cc1. The third-order valence-corrected chi connectivity index (χ3v) is 6.00. The van der Waals surface area contributed by atoms with Crippen molar-refractivity contribution in [2.45, 2.75) is 17.7 Å². The van der Waals surface area contributed by atoms with E-state index in [1.807, 2.05) is 6.07 Å². The van der Waals surface area contributed by atoms with Crippen molar-refractivity contribution in [3.8, 4) is 6.07 Å². The van der Waals surface area contributed by atoms with Crippen molar-refractivity contribution in [1.29, 1.82) is 5.26 Å². The van der Waals surface area contributed by atoms with Gasteiger partial charge >= 0.3 is 0 Å². The number of nitriles is 1. The number of benzene rings is 1. The van der Waals surface area contributed by atoms with Crippen molar-refractivity contribution in [3.05, 3.63) is 29.8 Å². The topological polar surface area (TPSA) is 70.4 Å². The quantitative estimate of drug-likeness (QED) is 0.825. The molecule has 106 valence electrons. The van der Waals surface area contributed by atoms with Gasteiger partial charge in [0.2, 0.25) is 10.0 Å². The summed E-state index contributed by atoms with van der Waals surface area (Å²) in [6, 6.07) is 8.07. The minimum Gasteiger partial charge on any atom is -0.381 e. The first-order valence-electron chi connectivity index (χ1n) is 6.64. The second-order valence-electron chi connectivity index (χ2n) is 5.52. The van der Waals surface area contributed by atoms with Crippen LogP contribution in [-0.2, 0) is 14.8 Å². The van der Waals surface area contributed by atoms with Crippen LogP contribution >= 0.6 is 0 Å². The summed E-state index contributed by atoms with van der Waals surface area (Å²) in [6.07, 6.45) is 1.87. The van der Waals surface area contributed by atoms with Gasteiger partial charge in [-0.25, -0.2) is 8.42 Å². The Morgan fingerprint density at radius 1 is 1.15 bits per heavy atom. The van der Waals surface area contributed by atoms with Crippen LogP contribution in [0.25, 0.3) is 0 Å². The van der Waals surface area contributed by atoms with Crippen molar-refractivity contribution in [1.82, 2.24) is 4.31 Å². The Kier molecular flexibility index (Phi) is 3.28. The maximum Gasteiger partial charge on any atom is 0.243 e. The van der Waals surface area contributed by atoms with Gasteiger partial charge in [-0.1, -0.05) is 0 Å². The highest BCUT2D eigenvalue weighted by atomic mass is 32.2. The molecule has 0 aromatic heterocycles. The summed E-state index contributed by atoms with van der Waals surface area (Å²) < 4.78 is 31.8. The smallest absolute Gasteiger partial charge is 0.243 e. The second-order valence-corrected chi connectivity index (χ2v) is 7.46. The van der Waals surface area contributed by atoms with E-state index in [0.29, 0.717) is 18.7 Å². The minimum atomic E-state index is -3.42. The summed E-state index contributed by atoms with van der Waals surface area (Å²) in [5, 5.41) is 8.74. The molecule has 1 spiro atoms. The first kappa shape index (κ1) is 13.6. The normalized spacial score (nSPS) is 22.1. The van der Waals surface area contributed by atoms with E-state index in [-0.39, 0.29) is 10.3 Å². The second kappa shape index (κ2) is 4.85. The number of sulfonamides is 1. The lowest BCUT2D eigenvalue weighted by molar-refractivity contribution is -0.0476. The molecule has 0 aliphatic carbocycles. The third-order valence-electron chi connectivity index (χ3n) is 4.20. The minimum absolute atomic E-state index is 0.123. The van der Waals surface area contributed by atoms with Crippen LogP contribution in [0.4, 0.5) is 0 Å². The Morgan fingerprint density at radius 2 is 1.75 bits per heavy atom. The molecule has 5 nitrogen and oxygen atoms in total. The molecule has 20 heavy (non-hydrogen) atoms. The summed E-state index contributed by atoms with van der Waals surface area (Å²) in [5.74, 6) is 0. The van der Waals surface area contributed by atoms with Gasteiger partial charge in [-0.15, -0.1) is 0 Å². The number of ether oxygens (including phenoxy) is 1. The average molecular weight is 292 g/mol. The molecule has 2 fully saturated rings. The highest BCUT2D eigenvalue weighted by Gasteiger charge is 2.48. The third kappa shape index (κ3) is 2.22. The molecule has 2 heterocycles. The van der Waals surface area contributed by atoms with E-state index in [2.05, 4.69) is 0 Å². The van der Waals surface area contributed by atoms with Crippen molar-refractivity contribution < 1.29 is 13.2 Å². The molecule has 0 bridgehead atoms. The first-order valence-corrected chi connectivity index (χ1v) is 8.08. The highest BCUT2D eigenvalue weighted by molar-refractivity contribution is 7.89. The molecule has 0 unspecified atom stereocenters. The lowest BCUT2D eigenvalue weighted by atomic mass is 9.75. The number of hydrogen-bond acceptors (Lipinski definition) is 4. The van der Waals surface area contributed by atoms with Gasteiger partial charge < -0.3 is 4.74 Å². The summed E-state index contributed by atoms with van der Waals surface area (Å²) >= 11 is 0. The molecular formula is C14H16N2O3S. The summed E-state index contributed by atoms with van der Waals surface area (Å²) in [4.78, 5) is 0.262. The Hall–Kier alpha value is -1.42. The van der Waals surface area contributed by atoms with Crippen LogP contribution in [0.2, 0.25) is 0 Å². The van der Waals surface area contributed by atoms with Gasteiger partial charge in [0.15, 0.2) is 0 Å². The number of hydrogen-bond donors (Lipinski definition) is 0. The molecule has 0 N–H and O–H groups in total. The van der Waals surface area contributed by atoms with E-state index in [9.17, 15) is 8.42 Å². The first-order chi connectivity index (χ1) is 9.56. The van der Waals surface area contributed by atoms with Crippen LogP contribution in [0, 0.1) is 16.7 Å². The molecule has 1 aromatic carbocycles. The van der Waals surface area contributed by atoms with E-state index >= 15 is 0 Å². The summed E-state index contributed by atoms with van der Waals surface area (Å²) in [5.41, 5.74) is 0.589. The molecule has 0 saturated carbocycles. The Labute approximate surface area is 118 Å². The maximum atomic E-state index is 12.5. The zero-order valence-electron chi connectivity index (χ0n) is 11.1. The molecule has 0 atom stereocenters. The van der Waals surface area contributed by atoms with Crippen LogP contribution in [-0.4, -0.2) is 39.0 Å². The molecule has 6 heteroatoms. The van der Waals surface area contributed by atoms with E-state index < -0.39 is 10.0 Å². The highest BCUT2D eigenvalue weighted by Crippen LogP contribution is 2.42. The summed E-state index contributed by atoms with van der Waals surface area (Å²) in [7, 11) is -3.42. The zero-order chi connectivity index (χ0) is 14.2. The fourth-order valence-electron chi connectivity index (χ4n) is 2.84. The van der Waals surface area contributed by atoms with Crippen LogP contribution in [0.1, 0.15) is 18.4 Å². The van der Waals surface area contributed by atoms with Gasteiger partial charge in [0.05, 0.1) is 16.5 Å². The lowest BCUT2D eigenvalue weighted by Gasteiger charge is -2.51. The standard InChI is InChI=1S/C14H16N2O3S/c15-9-12-1-3-13(4-2-12)20(17,18)16-10-14(11-16)5-7-19-8-6-14/h1-4H,5-8,10-11H2. The van der Waals surface area contributed by atoms with Gasteiger partial charge in [-0.05, 0) is 37.1 Å². The van der Waals surface area contributed by atoms with Gasteiger partial charge in [0.1, 0.15) is 0 Å². The summed E-state index contributed by atoms with van der Waals surface area (Å²) in [6.45, 7) is 2.62. The monoisotopic (exact) mass is 292 g/mol. The van der Waals surface area contributed by atoms with Crippen LogP contribution in [0.15, 0.2) is 29.2 Å². The maximum absolute atomic E-state index is 12.5. The van der Waals surface area contributed by atoms with E-state index in [1.54, 1.807) is 0 Å². The fourth-order valence-corrected chi connectivity index (χ4v) is 4.51. The van der Waals surface area contributed by atoms with Crippen molar-refractivity contribution in [2.75, 3.05) is 26.3 Å². The molecule has 2 aliphatic heterocycles. The van der Waals surface area contributed by atoms with Crippen molar-refractivity contribution >= 4 is 10.0 Å². The average Bonchev–Trinajstić information content (AvgIpc) is 2.45. The predicted octanol–water partition coefficient (Wildman–Crippen LogP) is 1.36. The number of nitrogens with zero attached hydrogens (tertiary/aromatic N) is 2. The van der Waals surface area contributed by atoms with E-state index in [4.69, 9.17) is 10.00 Å². The van der Waals surface area contributed by atoms with Crippen LogP contribution < -0.4 is 0 Å². The van der Waals surface area contributed by atoms with Gasteiger partial charge in [0, 0.05) is 31.7 Å². The molecule has 1 aromatic rings. The van der Waals surface area contributed by atoms with E-state index in [1.165, 1.54) is 28.6 Å². The molecule has 0 amide bonds. The van der Waals surface area contributed by atoms with Gasteiger partial charge in [-0.3, -0.25) is 0 Å². The van der Waals surface area contributed by atoms with Gasteiger partial charge in [0.25, 0.3) is 0 Å². The lowest BCUT2D eigenvalue weighted by Crippen LogP contribution is -2.60. The van der Waals surface area contributed by atoms with Crippen LogP contribution in [0.5, 0.6) is 0 Å². The van der Waals surface area contributed by atoms with Crippen LogP contribution in [0.3, 0.4) is 0 Å². The van der Waals surface area contributed by atoms with Crippen molar-refractivity contribution in [2.24, 2.45) is 5.41 Å². The molecular weight excluding hydrogens is 276 g/mol. The molecule has 2 aliphatic rings. The Balaban J connectivity index is 1.75. The molecule has 3 rings (SSSR count). The van der Waals surface area contributed by atoms with Gasteiger partial charge in [-0.2, -0.15) is 9.57 Å². The predicted molar refractivity (Wildman–Crippen MR) is 72.4 cm³/mol. The zero-order valence-corrected chi connectivity index (χ0v) is 11.9. The Bertz CT molecular complexity index is 632. The van der Waals surface area contributed by atoms with E-state index in [0.717, 1.165) is 26.1 Å². The Morgan fingerprint density at radius 3 is 2.30 bits per heavy atom. The molecule has 2 saturated heterocycles. The fraction of sp³-hybridized carbons (Fsp3) is 0.500.